The minimum Gasteiger partial charge on any atom is -0.390 e. The first-order valence-electron chi connectivity index (χ1n) is 8.45. The first-order valence-corrected chi connectivity index (χ1v) is 8.45. The summed E-state index contributed by atoms with van der Waals surface area (Å²) >= 11 is 0. The maximum absolute atomic E-state index is 5.46. The Kier molecular flexibility index (Phi) is 4.05. The molecule has 1 aromatic carbocycles. The van der Waals surface area contributed by atoms with Crippen LogP contribution >= 0.6 is 0 Å². The van der Waals surface area contributed by atoms with Crippen molar-refractivity contribution < 1.29 is 4.84 Å². The number of hydrogen-bond donors (Lipinski definition) is 0. The number of aryl methyl sites for hydroxylation is 1. The Labute approximate surface area is 145 Å². The van der Waals surface area contributed by atoms with Gasteiger partial charge in [-0.3, -0.25) is 0 Å². The van der Waals surface area contributed by atoms with Crippen LogP contribution in [0.3, 0.4) is 0 Å². The topological polar surface area (TPSA) is 70.1 Å². The molecule has 128 valence electrons. The minimum absolute atomic E-state index is 0.0348. The molecule has 3 aromatic rings. The lowest BCUT2D eigenvalue weighted by Crippen LogP contribution is -2.16. The van der Waals surface area contributed by atoms with Crippen LogP contribution < -0.4 is 0 Å². The predicted octanol–water partition coefficient (Wildman–Crippen LogP) is 2.99. The molecule has 0 aliphatic carbocycles. The summed E-state index contributed by atoms with van der Waals surface area (Å²) < 4.78 is 3.67. The summed E-state index contributed by atoms with van der Waals surface area (Å²) in [7, 11) is 0. The second-order valence-corrected chi connectivity index (χ2v) is 6.24. The Morgan fingerprint density at radius 1 is 1.32 bits per heavy atom. The standard InChI is InChI=1S/C18H20N6O/c1-3-14-10-15(25-21-14)11-23-12-17(20-22-23)16-9-13(2)5-6-18(16)24-8-4-7-19-24/h4-9,12,15H,3,10-11H2,1-2H3/t15-/m0/s1. The highest BCUT2D eigenvalue weighted by Crippen LogP contribution is 2.26. The molecule has 0 saturated carbocycles. The van der Waals surface area contributed by atoms with E-state index in [2.05, 4.69) is 52.6 Å². The van der Waals surface area contributed by atoms with Crippen LogP contribution in [0.4, 0.5) is 0 Å². The first-order chi connectivity index (χ1) is 12.2. The van der Waals surface area contributed by atoms with E-state index in [0.29, 0.717) is 6.54 Å². The zero-order valence-electron chi connectivity index (χ0n) is 14.3. The van der Waals surface area contributed by atoms with Gasteiger partial charge in [0.25, 0.3) is 0 Å². The van der Waals surface area contributed by atoms with Gasteiger partial charge in [-0.05, 0) is 31.5 Å². The molecule has 0 unspecified atom stereocenters. The molecule has 0 radical (unpaired) electrons. The van der Waals surface area contributed by atoms with E-state index in [0.717, 1.165) is 35.5 Å². The molecule has 7 heteroatoms. The maximum atomic E-state index is 5.46. The average Bonchev–Trinajstić information content (AvgIpc) is 3.37. The molecule has 0 bridgehead atoms. The fraction of sp³-hybridized carbons (Fsp3) is 0.333. The largest absolute Gasteiger partial charge is 0.390 e. The third-order valence-corrected chi connectivity index (χ3v) is 4.31. The van der Waals surface area contributed by atoms with E-state index < -0.39 is 0 Å². The second-order valence-electron chi connectivity index (χ2n) is 6.24. The molecule has 0 spiro atoms. The van der Waals surface area contributed by atoms with Crippen molar-refractivity contribution in [1.29, 1.82) is 0 Å². The maximum Gasteiger partial charge on any atom is 0.152 e. The van der Waals surface area contributed by atoms with E-state index in [1.165, 1.54) is 5.56 Å². The molecule has 1 aliphatic rings. The van der Waals surface area contributed by atoms with Crippen LogP contribution in [-0.4, -0.2) is 36.6 Å². The lowest BCUT2D eigenvalue weighted by atomic mass is 10.1. The molecule has 0 amide bonds. The van der Waals surface area contributed by atoms with Crippen molar-refractivity contribution in [3.05, 3.63) is 48.4 Å². The van der Waals surface area contributed by atoms with E-state index in [1.807, 2.05) is 27.8 Å². The van der Waals surface area contributed by atoms with Crippen molar-refractivity contribution in [2.24, 2.45) is 5.16 Å². The van der Waals surface area contributed by atoms with Crippen LogP contribution in [0.15, 0.2) is 48.0 Å². The summed E-state index contributed by atoms with van der Waals surface area (Å²) in [4.78, 5) is 5.46. The highest BCUT2D eigenvalue weighted by molar-refractivity contribution is 5.85. The van der Waals surface area contributed by atoms with Crippen molar-refractivity contribution >= 4 is 5.71 Å². The van der Waals surface area contributed by atoms with Crippen LogP contribution in [-0.2, 0) is 11.4 Å². The molecule has 2 aromatic heterocycles. The van der Waals surface area contributed by atoms with Crippen LogP contribution in [0.2, 0.25) is 0 Å². The number of benzene rings is 1. The summed E-state index contributed by atoms with van der Waals surface area (Å²) in [5.41, 5.74) is 5.08. The quantitative estimate of drug-likeness (QED) is 0.718. The molecule has 0 N–H and O–H groups in total. The van der Waals surface area contributed by atoms with Gasteiger partial charge in [-0.25, -0.2) is 9.36 Å². The van der Waals surface area contributed by atoms with Gasteiger partial charge in [-0.1, -0.05) is 28.9 Å². The van der Waals surface area contributed by atoms with Crippen molar-refractivity contribution in [3.8, 4) is 16.9 Å². The van der Waals surface area contributed by atoms with Crippen LogP contribution in [0, 0.1) is 6.92 Å². The van der Waals surface area contributed by atoms with Gasteiger partial charge < -0.3 is 4.84 Å². The average molecular weight is 336 g/mol. The highest BCUT2D eigenvalue weighted by atomic mass is 16.6. The Bertz CT molecular complexity index is 896. The third kappa shape index (κ3) is 3.17. The summed E-state index contributed by atoms with van der Waals surface area (Å²) in [6.45, 7) is 4.80. The van der Waals surface area contributed by atoms with Crippen molar-refractivity contribution in [2.45, 2.75) is 39.3 Å². The van der Waals surface area contributed by atoms with Crippen molar-refractivity contribution in [2.75, 3.05) is 0 Å². The smallest absolute Gasteiger partial charge is 0.152 e. The fourth-order valence-electron chi connectivity index (χ4n) is 2.98. The normalized spacial score (nSPS) is 16.7. The van der Waals surface area contributed by atoms with Crippen molar-refractivity contribution in [3.63, 3.8) is 0 Å². The molecule has 1 aliphatic heterocycles. The number of oxime groups is 1. The van der Waals surface area contributed by atoms with E-state index >= 15 is 0 Å². The van der Waals surface area contributed by atoms with Crippen molar-refractivity contribution in [1.82, 2.24) is 24.8 Å². The first kappa shape index (κ1) is 15.6. The zero-order chi connectivity index (χ0) is 17.2. The lowest BCUT2D eigenvalue weighted by Gasteiger charge is -2.09. The van der Waals surface area contributed by atoms with E-state index in [9.17, 15) is 0 Å². The number of nitrogens with zero attached hydrogens (tertiary/aromatic N) is 6. The van der Waals surface area contributed by atoms with Gasteiger partial charge >= 0.3 is 0 Å². The molecule has 1 atom stereocenters. The van der Waals surface area contributed by atoms with Gasteiger partial charge in [0.15, 0.2) is 6.10 Å². The SMILES string of the molecule is CCC1=NO[C@H](Cn2cc(-c3cc(C)ccc3-n3cccn3)nn2)C1. The summed E-state index contributed by atoms with van der Waals surface area (Å²) in [5, 5.41) is 17.1. The molecule has 25 heavy (non-hydrogen) atoms. The molecular weight excluding hydrogens is 316 g/mol. The minimum atomic E-state index is 0.0348. The molecular formula is C18H20N6O. The van der Waals surface area contributed by atoms with E-state index in [1.54, 1.807) is 6.20 Å². The molecule has 0 fully saturated rings. The highest BCUT2D eigenvalue weighted by Gasteiger charge is 2.21. The summed E-state index contributed by atoms with van der Waals surface area (Å²) in [6.07, 6.45) is 7.46. The predicted molar refractivity (Wildman–Crippen MR) is 94.5 cm³/mol. The molecule has 0 saturated heterocycles. The van der Waals surface area contributed by atoms with Gasteiger partial charge in [-0.15, -0.1) is 5.10 Å². The fourth-order valence-corrected chi connectivity index (χ4v) is 2.98. The van der Waals surface area contributed by atoms with Gasteiger partial charge in [0.1, 0.15) is 5.69 Å². The second kappa shape index (κ2) is 6.51. The van der Waals surface area contributed by atoms with Crippen LogP contribution in [0.1, 0.15) is 25.3 Å². The Morgan fingerprint density at radius 2 is 2.24 bits per heavy atom. The van der Waals surface area contributed by atoms with Gasteiger partial charge in [0.05, 0.1) is 24.1 Å². The molecule has 3 heterocycles. The van der Waals surface area contributed by atoms with Gasteiger partial charge in [-0.2, -0.15) is 5.10 Å². The monoisotopic (exact) mass is 336 g/mol. The molecule has 4 rings (SSSR count). The molecule has 7 nitrogen and oxygen atoms in total. The lowest BCUT2D eigenvalue weighted by molar-refractivity contribution is 0.0693. The Balaban J connectivity index is 1.59. The van der Waals surface area contributed by atoms with E-state index in [-0.39, 0.29) is 6.10 Å². The Morgan fingerprint density at radius 3 is 3.00 bits per heavy atom. The van der Waals surface area contributed by atoms with E-state index in [4.69, 9.17) is 4.84 Å². The summed E-state index contributed by atoms with van der Waals surface area (Å²) in [5.74, 6) is 0. The number of aromatic nitrogens is 5. The van der Waals surface area contributed by atoms with Crippen LogP contribution in [0.25, 0.3) is 16.9 Å². The zero-order valence-corrected chi connectivity index (χ0v) is 14.3. The third-order valence-electron chi connectivity index (χ3n) is 4.31. The van der Waals surface area contributed by atoms with Crippen LogP contribution in [0.5, 0.6) is 0 Å². The summed E-state index contributed by atoms with van der Waals surface area (Å²) in [6, 6.07) is 8.14. The number of hydrogen-bond acceptors (Lipinski definition) is 5. The Hall–Kier alpha value is -2.96. The number of rotatable bonds is 5. The van der Waals surface area contributed by atoms with Gasteiger partial charge in [0.2, 0.25) is 0 Å². The van der Waals surface area contributed by atoms with Gasteiger partial charge in [0, 0.05) is 24.4 Å².